The maximum Gasteiger partial charge on any atom is 0.0948 e. The first-order chi connectivity index (χ1) is 9.90. The van der Waals surface area contributed by atoms with Crippen LogP contribution in [0.15, 0.2) is 54.6 Å². The fourth-order valence-corrected chi connectivity index (χ4v) is 2.75. The molecule has 1 aromatic heterocycles. The van der Waals surface area contributed by atoms with Crippen molar-refractivity contribution >= 4 is 16.6 Å². The first kappa shape index (κ1) is 11.4. The molecule has 0 bridgehead atoms. The van der Waals surface area contributed by atoms with Gasteiger partial charge in [-0.3, -0.25) is 5.32 Å². The molecule has 3 aromatic rings. The quantitative estimate of drug-likeness (QED) is 0.671. The van der Waals surface area contributed by atoms with E-state index in [4.69, 9.17) is 5.32 Å². The van der Waals surface area contributed by atoms with Gasteiger partial charge in [0.25, 0.3) is 0 Å². The molecule has 1 aliphatic rings. The first-order valence-electron chi connectivity index (χ1n) is 6.91. The second-order valence-corrected chi connectivity index (χ2v) is 5.14. The molecule has 1 aliphatic heterocycles. The highest BCUT2D eigenvalue weighted by molar-refractivity contribution is 5.78. The zero-order valence-corrected chi connectivity index (χ0v) is 11.0. The van der Waals surface area contributed by atoms with E-state index in [1.807, 2.05) is 24.3 Å². The van der Waals surface area contributed by atoms with Gasteiger partial charge >= 0.3 is 0 Å². The van der Waals surface area contributed by atoms with E-state index in [1.165, 1.54) is 5.56 Å². The van der Waals surface area contributed by atoms with Crippen molar-refractivity contribution in [1.82, 2.24) is 15.5 Å². The summed E-state index contributed by atoms with van der Waals surface area (Å²) in [7, 11) is 0. The van der Waals surface area contributed by atoms with Crippen molar-refractivity contribution in [3.63, 3.8) is 0 Å². The Kier molecular flexibility index (Phi) is 2.62. The summed E-state index contributed by atoms with van der Waals surface area (Å²) in [6.45, 7) is 0. The van der Waals surface area contributed by atoms with Gasteiger partial charge in [0.15, 0.2) is 0 Å². The van der Waals surface area contributed by atoms with Gasteiger partial charge in [-0.2, -0.15) is 10.2 Å². The lowest BCUT2D eigenvalue weighted by molar-refractivity contribution is 0.522. The Hall–Kier alpha value is -2.42. The molecule has 1 unspecified atom stereocenters. The zero-order chi connectivity index (χ0) is 13.4. The molecule has 3 heteroatoms. The number of fused-ring (bicyclic) bond motifs is 2. The molecule has 1 radical (unpaired) electrons. The Morgan fingerprint density at radius 2 is 1.75 bits per heavy atom. The van der Waals surface area contributed by atoms with Crippen molar-refractivity contribution in [3.05, 3.63) is 65.9 Å². The normalized spacial score (nSPS) is 17.5. The largest absolute Gasteiger partial charge is 0.275 e. The SMILES string of the molecule is c1ccc2c(c1)CCC(c1cc3ccccc3nn1)[N]2. The minimum Gasteiger partial charge on any atom is -0.275 e. The molecule has 0 amide bonds. The van der Waals surface area contributed by atoms with Crippen LogP contribution in [-0.2, 0) is 6.42 Å². The number of hydrogen-bond donors (Lipinski definition) is 0. The lowest BCUT2D eigenvalue weighted by Gasteiger charge is -2.23. The number of hydrogen-bond acceptors (Lipinski definition) is 2. The van der Waals surface area contributed by atoms with Crippen LogP contribution in [0.4, 0.5) is 5.69 Å². The molecule has 2 heterocycles. The number of para-hydroxylation sites is 1. The standard InChI is InChI=1S/C17H14N3/c1-3-7-14-12(5-1)9-10-16(18-14)17-11-13-6-2-4-8-15(13)19-20-17/h1-8,11,16H,9-10H2. The van der Waals surface area contributed by atoms with Gasteiger partial charge in [0.05, 0.1) is 22.9 Å². The first-order valence-corrected chi connectivity index (χ1v) is 6.91. The maximum atomic E-state index is 4.82. The third kappa shape index (κ3) is 1.92. The summed E-state index contributed by atoms with van der Waals surface area (Å²) in [4.78, 5) is 0. The Labute approximate surface area is 117 Å². The van der Waals surface area contributed by atoms with Gasteiger partial charge in [0.1, 0.15) is 0 Å². The Morgan fingerprint density at radius 3 is 2.75 bits per heavy atom. The van der Waals surface area contributed by atoms with Crippen molar-refractivity contribution in [2.45, 2.75) is 18.9 Å². The lowest BCUT2D eigenvalue weighted by Crippen LogP contribution is -2.18. The van der Waals surface area contributed by atoms with Crippen LogP contribution in [0.3, 0.4) is 0 Å². The van der Waals surface area contributed by atoms with Crippen LogP contribution in [0.5, 0.6) is 0 Å². The monoisotopic (exact) mass is 260 g/mol. The summed E-state index contributed by atoms with van der Waals surface area (Å²) in [6.07, 6.45) is 2.06. The second kappa shape index (κ2) is 4.60. The number of benzene rings is 2. The molecular formula is C17H14N3. The summed E-state index contributed by atoms with van der Waals surface area (Å²) in [5.41, 5.74) is 4.34. The number of aryl methyl sites for hydroxylation is 1. The van der Waals surface area contributed by atoms with E-state index in [9.17, 15) is 0 Å². The number of nitrogens with zero attached hydrogens (tertiary/aromatic N) is 3. The summed E-state index contributed by atoms with van der Waals surface area (Å²) < 4.78 is 0. The average molecular weight is 260 g/mol. The van der Waals surface area contributed by atoms with Crippen LogP contribution in [0, 0.1) is 0 Å². The number of aromatic nitrogens is 2. The molecule has 4 rings (SSSR count). The number of rotatable bonds is 1. The van der Waals surface area contributed by atoms with E-state index in [2.05, 4.69) is 40.5 Å². The summed E-state index contributed by atoms with van der Waals surface area (Å²) in [5.74, 6) is 0. The van der Waals surface area contributed by atoms with Gasteiger partial charge in [-0.15, -0.1) is 0 Å². The molecule has 2 aromatic carbocycles. The second-order valence-electron chi connectivity index (χ2n) is 5.14. The molecule has 97 valence electrons. The Bertz CT molecular complexity index is 767. The fraction of sp³-hybridized carbons (Fsp3) is 0.176. The summed E-state index contributed by atoms with van der Waals surface area (Å²) >= 11 is 0. The minimum atomic E-state index is 0.127. The van der Waals surface area contributed by atoms with E-state index >= 15 is 0 Å². The minimum absolute atomic E-state index is 0.127. The van der Waals surface area contributed by atoms with E-state index in [-0.39, 0.29) is 6.04 Å². The average Bonchev–Trinajstić information content (AvgIpc) is 2.54. The molecule has 0 spiro atoms. The van der Waals surface area contributed by atoms with Crippen molar-refractivity contribution < 1.29 is 0 Å². The molecule has 0 saturated heterocycles. The van der Waals surface area contributed by atoms with E-state index in [0.29, 0.717) is 0 Å². The summed E-state index contributed by atoms with van der Waals surface area (Å²) in [5, 5.41) is 14.6. The van der Waals surface area contributed by atoms with Crippen LogP contribution < -0.4 is 5.32 Å². The zero-order valence-electron chi connectivity index (χ0n) is 11.0. The highest BCUT2D eigenvalue weighted by atomic mass is 15.1. The van der Waals surface area contributed by atoms with Crippen molar-refractivity contribution in [2.24, 2.45) is 0 Å². The molecule has 0 fully saturated rings. The maximum absolute atomic E-state index is 4.82. The summed E-state index contributed by atoms with van der Waals surface area (Å²) in [6, 6.07) is 18.7. The molecule has 0 saturated carbocycles. The van der Waals surface area contributed by atoms with Gasteiger partial charge in [-0.05, 0) is 36.6 Å². The predicted molar refractivity (Wildman–Crippen MR) is 78.8 cm³/mol. The van der Waals surface area contributed by atoms with Crippen LogP contribution in [-0.4, -0.2) is 10.2 Å². The fourth-order valence-electron chi connectivity index (χ4n) is 2.75. The van der Waals surface area contributed by atoms with Gasteiger partial charge in [-0.25, -0.2) is 0 Å². The van der Waals surface area contributed by atoms with Crippen LogP contribution in [0.25, 0.3) is 10.9 Å². The highest BCUT2D eigenvalue weighted by Gasteiger charge is 2.22. The van der Waals surface area contributed by atoms with Crippen molar-refractivity contribution in [3.8, 4) is 0 Å². The van der Waals surface area contributed by atoms with E-state index in [0.717, 1.165) is 35.1 Å². The van der Waals surface area contributed by atoms with Crippen molar-refractivity contribution in [1.29, 1.82) is 0 Å². The van der Waals surface area contributed by atoms with Gasteiger partial charge in [0.2, 0.25) is 0 Å². The van der Waals surface area contributed by atoms with E-state index in [1.54, 1.807) is 0 Å². The van der Waals surface area contributed by atoms with Crippen molar-refractivity contribution in [2.75, 3.05) is 0 Å². The lowest BCUT2D eigenvalue weighted by atomic mass is 9.96. The topological polar surface area (TPSA) is 39.9 Å². The predicted octanol–water partition coefficient (Wildman–Crippen LogP) is 3.55. The van der Waals surface area contributed by atoms with Gasteiger partial charge in [-0.1, -0.05) is 36.4 Å². The van der Waals surface area contributed by atoms with Crippen LogP contribution >= 0.6 is 0 Å². The molecule has 1 atom stereocenters. The molecule has 0 aliphatic carbocycles. The highest BCUT2D eigenvalue weighted by Crippen LogP contribution is 2.32. The Balaban J connectivity index is 1.70. The molecular weight excluding hydrogens is 246 g/mol. The van der Waals surface area contributed by atoms with Crippen LogP contribution in [0.2, 0.25) is 0 Å². The van der Waals surface area contributed by atoms with Gasteiger partial charge in [0, 0.05) is 5.39 Å². The van der Waals surface area contributed by atoms with Crippen LogP contribution in [0.1, 0.15) is 23.7 Å². The molecule has 0 N–H and O–H groups in total. The van der Waals surface area contributed by atoms with E-state index < -0.39 is 0 Å². The Morgan fingerprint density at radius 1 is 0.900 bits per heavy atom. The third-order valence-electron chi connectivity index (χ3n) is 3.83. The molecule has 20 heavy (non-hydrogen) atoms. The van der Waals surface area contributed by atoms with Gasteiger partial charge < -0.3 is 0 Å². The molecule has 3 nitrogen and oxygen atoms in total. The smallest absolute Gasteiger partial charge is 0.0948 e. The third-order valence-corrected chi connectivity index (χ3v) is 3.83.